The van der Waals surface area contributed by atoms with Gasteiger partial charge in [-0.1, -0.05) is 6.07 Å². The summed E-state index contributed by atoms with van der Waals surface area (Å²) in [6.45, 7) is 0.599. The van der Waals surface area contributed by atoms with Crippen LogP contribution in [-0.2, 0) is 4.74 Å². The van der Waals surface area contributed by atoms with Crippen LogP contribution in [-0.4, -0.2) is 43.4 Å². The molecule has 2 atom stereocenters. The van der Waals surface area contributed by atoms with E-state index in [1.54, 1.807) is 5.32 Å². The molecule has 1 aliphatic rings. The van der Waals surface area contributed by atoms with E-state index in [0.29, 0.717) is 25.2 Å². The van der Waals surface area contributed by atoms with E-state index in [-0.39, 0.29) is 12.6 Å². The van der Waals surface area contributed by atoms with Crippen LogP contribution in [0.15, 0.2) is 18.2 Å². The Labute approximate surface area is 129 Å². The van der Waals surface area contributed by atoms with Crippen molar-refractivity contribution >= 4 is 6.03 Å². The molecule has 0 spiro atoms. The molecule has 1 aliphatic heterocycles. The van der Waals surface area contributed by atoms with E-state index in [1.165, 1.54) is 7.05 Å². The highest BCUT2D eigenvalue weighted by Gasteiger charge is 2.45. The third-order valence-electron chi connectivity index (χ3n) is 3.66. The molecule has 0 radical (unpaired) electrons. The molecule has 4 nitrogen and oxygen atoms in total. The third kappa shape index (κ3) is 3.90. The maximum atomic E-state index is 13.7. The van der Waals surface area contributed by atoms with Gasteiger partial charge in [0.25, 0.3) is 0 Å². The molecule has 0 aliphatic carbocycles. The number of alkyl halides is 3. The average Bonchev–Trinajstić information content (AvgIpc) is 2.98. The summed E-state index contributed by atoms with van der Waals surface area (Å²) in [4.78, 5) is 13.0. The molecule has 1 N–H and O–H groups in total. The van der Waals surface area contributed by atoms with Gasteiger partial charge in [0.05, 0.1) is 18.2 Å². The Kier molecular flexibility index (Phi) is 5.08. The van der Waals surface area contributed by atoms with Crippen LogP contribution in [0.3, 0.4) is 0 Å². The molecule has 1 heterocycles. The number of nitrogens with one attached hydrogen (secondary N) is 1. The molecule has 1 aromatic carbocycles. The van der Waals surface area contributed by atoms with Crippen LogP contribution in [0.1, 0.15) is 18.0 Å². The molecule has 23 heavy (non-hydrogen) atoms. The molecular formula is C14H15F5N2O2. The van der Waals surface area contributed by atoms with E-state index in [1.807, 2.05) is 0 Å². The zero-order valence-corrected chi connectivity index (χ0v) is 12.2. The molecule has 2 unspecified atom stereocenters. The molecule has 1 aromatic rings. The fraction of sp³-hybridized carbons (Fsp3) is 0.500. The number of rotatable bonds is 3. The van der Waals surface area contributed by atoms with Crippen LogP contribution >= 0.6 is 0 Å². The van der Waals surface area contributed by atoms with Crippen LogP contribution in [0.25, 0.3) is 0 Å². The van der Waals surface area contributed by atoms with E-state index >= 15 is 0 Å². The topological polar surface area (TPSA) is 41.6 Å². The number of benzene rings is 1. The van der Waals surface area contributed by atoms with Crippen LogP contribution in [0.2, 0.25) is 0 Å². The molecule has 2 amide bonds. The van der Waals surface area contributed by atoms with Crippen molar-refractivity contribution in [3.63, 3.8) is 0 Å². The first kappa shape index (κ1) is 17.5. The van der Waals surface area contributed by atoms with Gasteiger partial charge in [0, 0.05) is 13.7 Å². The van der Waals surface area contributed by atoms with E-state index in [0.717, 1.165) is 11.0 Å². The van der Waals surface area contributed by atoms with Crippen molar-refractivity contribution in [2.24, 2.45) is 0 Å². The van der Waals surface area contributed by atoms with Crippen LogP contribution in [0, 0.1) is 11.6 Å². The van der Waals surface area contributed by atoms with Crippen molar-refractivity contribution < 1.29 is 31.5 Å². The SMILES string of the molecule is CN(C(=O)NC(c1c(F)cccc1F)C(F)(F)F)C1CCOC1. The molecule has 1 fully saturated rings. The van der Waals surface area contributed by atoms with Crippen molar-refractivity contribution in [2.45, 2.75) is 24.7 Å². The average molecular weight is 338 g/mol. The van der Waals surface area contributed by atoms with Crippen molar-refractivity contribution in [2.75, 3.05) is 20.3 Å². The van der Waals surface area contributed by atoms with Gasteiger partial charge >= 0.3 is 12.2 Å². The number of amides is 2. The number of urea groups is 1. The molecule has 0 aromatic heterocycles. The van der Waals surface area contributed by atoms with Gasteiger partial charge in [-0.2, -0.15) is 13.2 Å². The van der Waals surface area contributed by atoms with Crippen molar-refractivity contribution in [1.82, 2.24) is 10.2 Å². The lowest BCUT2D eigenvalue weighted by Gasteiger charge is -2.28. The van der Waals surface area contributed by atoms with Crippen LogP contribution < -0.4 is 5.32 Å². The normalized spacial score (nSPS) is 19.5. The maximum Gasteiger partial charge on any atom is 0.413 e. The lowest BCUT2D eigenvalue weighted by atomic mass is 10.0. The van der Waals surface area contributed by atoms with Gasteiger partial charge in [0.15, 0.2) is 6.04 Å². The second-order valence-electron chi connectivity index (χ2n) is 5.19. The highest BCUT2D eigenvalue weighted by atomic mass is 19.4. The summed E-state index contributed by atoms with van der Waals surface area (Å²) in [5.41, 5.74) is -1.23. The molecule has 2 rings (SSSR count). The van der Waals surface area contributed by atoms with Gasteiger partial charge in [-0.15, -0.1) is 0 Å². The summed E-state index contributed by atoms with van der Waals surface area (Å²) in [5.74, 6) is -2.75. The Morgan fingerprint density at radius 3 is 2.43 bits per heavy atom. The fourth-order valence-electron chi connectivity index (χ4n) is 2.32. The standard InChI is InChI=1S/C14H15F5N2O2/c1-21(8-5-6-23-7-8)13(22)20-12(14(17,18)19)11-9(15)3-2-4-10(11)16/h2-4,8,12H,5-7H2,1H3,(H,20,22). The molecule has 0 saturated carbocycles. The first-order chi connectivity index (χ1) is 10.7. The van der Waals surface area contributed by atoms with Gasteiger partial charge < -0.3 is 15.0 Å². The van der Waals surface area contributed by atoms with E-state index in [4.69, 9.17) is 4.74 Å². The number of nitrogens with zero attached hydrogens (tertiary/aromatic N) is 1. The number of likely N-dealkylation sites (N-methyl/N-ethyl adjacent to an activating group) is 1. The highest BCUT2D eigenvalue weighted by Crippen LogP contribution is 2.35. The Morgan fingerprint density at radius 2 is 1.96 bits per heavy atom. The Bertz CT molecular complexity index is 553. The Balaban J connectivity index is 2.24. The number of halogens is 5. The van der Waals surface area contributed by atoms with Crippen molar-refractivity contribution in [1.29, 1.82) is 0 Å². The van der Waals surface area contributed by atoms with Gasteiger partial charge in [0.1, 0.15) is 11.6 Å². The zero-order chi connectivity index (χ0) is 17.2. The number of carbonyl (C=O) groups excluding carboxylic acids is 1. The van der Waals surface area contributed by atoms with E-state index in [2.05, 4.69) is 0 Å². The largest absolute Gasteiger partial charge is 0.413 e. The van der Waals surface area contributed by atoms with Crippen LogP contribution in [0.4, 0.5) is 26.7 Å². The summed E-state index contributed by atoms with van der Waals surface area (Å²) < 4.78 is 71.9. The maximum absolute atomic E-state index is 13.7. The molecule has 9 heteroatoms. The quantitative estimate of drug-likeness (QED) is 0.861. The molecular weight excluding hydrogens is 323 g/mol. The lowest BCUT2D eigenvalue weighted by Crippen LogP contribution is -2.48. The smallest absolute Gasteiger partial charge is 0.379 e. The predicted octanol–water partition coefficient (Wildman–Crippen LogP) is 3.00. The van der Waals surface area contributed by atoms with Gasteiger partial charge in [-0.05, 0) is 18.6 Å². The Morgan fingerprint density at radius 1 is 1.35 bits per heavy atom. The third-order valence-corrected chi connectivity index (χ3v) is 3.66. The van der Waals surface area contributed by atoms with Gasteiger partial charge in [0.2, 0.25) is 0 Å². The minimum atomic E-state index is -5.05. The number of hydrogen-bond donors (Lipinski definition) is 1. The first-order valence-electron chi connectivity index (χ1n) is 6.83. The summed E-state index contributed by atoms with van der Waals surface area (Å²) in [6, 6.07) is -1.87. The lowest BCUT2D eigenvalue weighted by molar-refractivity contribution is -0.156. The minimum absolute atomic E-state index is 0.203. The predicted molar refractivity (Wildman–Crippen MR) is 70.7 cm³/mol. The number of ether oxygens (including phenoxy) is 1. The van der Waals surface area contributed by atoms with E-state index in [9.17, 15) is 26.7 Å². The molecule has 0 bridgehead atoms. The summed E-state index contributed by atoms with van der Waals surface area (Å²) in [6.07, 6.45) is -4.57. The minimum Gasteiger partial charge on any atom is -0.379 e. The van der Waals surface area contributed by atoms with Gasteiger partial charge in [-0.3, -0.25) is 0 Å². The highest BCUT2D eigenvalue weighted by molar-refractivity contribution is 5.75. The molecule has 128 valence electrons. The summed E-state index contributed by atoms with van der Waals surface area (Å²) >= 11 is 0. The number of carbonyl (C=O) groups is 1. The fourth-order valence-corrected chi connectivity index (χ4v) is 2.32. The second-order valence-corrected chi connectivity index (χ2v) is 5.19. The monoisotopic (exact) mass is 338 g/mol. The molecule has 1 saturated heterocycles. The van der Waals surface area contributed by atoms with Crippen LogP contribution in [0.5, 0.6) is 0 Å². The number of hydrogen-bond acceptors (Lipinski definition) is 2. The van der Waals surface area contributed by atoms with Crippen molar-refractivity contribution in [3.8, 4) is 0 Å². The van der Waals surface area contributed by atoms with Gasteiger partial charge in [-0.25, -0.2) is 13.6 Å². The summed E-state index contributed by atoms with van der Waals surface area (Å²) in [7, 11) is 1.31. The second kappa shape index (κ2) is 6.69. The summed E-state index contributed by atoms with van der Waals surface area (Å²) in [5, 5.41) is 1.66. The Hall–Kier alpha value is -1.90. The first-order valence-corrected chi connectivity index (χ1v) is 6.83. The van der Waals surface area contributed by atoms with Crippen molar-refractivity contribution in [3.05, 3.63) is 35.4 Å². The van der Waals surface area contributed by atoms with E-state index < -0.39 is 35.4 Å². The zero-order valence-electron chi connectivity index (χ0n) is 12.2.